The van der Waals surface area contributed by atoms with Crippen LogP contribution in [0.1, 0.15) is 22.8 Å². The number of ether oxygens (including phenoxy) is 2. The third kappa shape index (κ3) is 3.94. The Balaban J connectivity index is 1.64. The van der Waals surface area contributed by atoms with Crippen LogP contribution >= 0.6 is 0 Å². The Morgan fingerprint density at radius 2 is 1.44 bits per heavy atom. The van der Waals surface area contributed by atoms with Crippen molar-refractivity contribution in [3.8, 4) is 16.9 Å². The number of fused-ring (bicyclic) bond motifs is 2. The summed E-state index contributed by atoms with van der Waals surface area (Å²) in [7, 11) is 1.55. The van der Waals surface area contributed by atoms with Crippen molar-refractivity contribution in [3.05, 3.63) is 89.5 Å². The normalized spacial score (nSPS) is 25.0. The van der Waals surface area contributed by atoms with E-state index in [9.17, 15) is 20.4 Å². The molecule has 0 bridgehead atoms. The quantitative estimate of drug-likeness (QED) is 0.365. The molecule has 0 amide bonds. The first-order valence-corrected chi connectivity index (χ1v) is 11.4. The smallest absolute Gasteiger partial charge is 0.132 e. The van der Waals surface area contributed by atoms with Crippen molar-refractivity contribution >= 4 is 10.8 Å². The number of hydrogen-bond donors (Lipinski definition) is 4. The first kappa shape index (κ1) is 22.8. The Labute approximate surface area is 198 Å². The molecule has 176 valence electrons. The van der Waals surface area contributed by atoms with Crippen molar-refractivity contribution in [2.75, 3.05) is 13.7 Å². The second-order valence-corrected chi connectivity index (χ2v) is 8.81. The molecule has 4 N–H and O–H groups in total. The van der Waals surface area contributed by atoms with Gasteiger partial charge in [-0.3, -0.25) is 0 Å². The van der Waals surface area contributed by atoms with Gasteiger partial charge in [0.1, 0.15) is 36.3 Å². The molecule has 3 aliphatic rings. The highest BCUT2D eigenvalue weighted by Gasteiger charge is 2.45. The van der Waals surface area contributed by atoms with Gasteiger partial charge in [0.2, 0.25) is 0 Å². The van der Waals surface area contributed by atoms with Crippen LogP contribution in [0.3, 0.4) is 0 Å². The highest BCUT2D eigenvalue weighted by atomic mass is 16.5. The van der Waals surface area contributed by atoms with Crippen LogP contribution in [0.15, 0.2) is 72.8 Å². The molecule has 1 aliphatic heterocycles. The van der Waals surface area contributed by atoms with Crippen LogP contribution in [0, 0.1) is 0 Å². The molecule has 6 heteroatoms. The van der Waals surface area contributed by atoms with E-state index in [4.69, 9.17) is 9.47 Å². The molecule has 0 saturated carbocycles. The highest BCUT2D eigenvalue weighted by molar-refractivity contribution is 5.93. The van der Waals surface area contributed by atoms with E-state index >= 15 is 0 Å². The molecule has 1 heterocycles. The summed E-state index contributed by atoms with van der Waals surface area (Å²) in [5.41, 5.74) is 5.05. The minimum Gasteiger partial charge on any atom is -0.496 e. The van der Waals surface area contributed by atoms with Gasteiger partial charge < -0.3 is 29.9 Å². The molecular weight excluding hydrogens is 432 g/mol. The van der Waals surface area contributed by atoms with Crippen LogP contribution in [0.25, 0.3) is 21.9 Å². The summed E-state index contributed by atoms with van der Waals surface area (Å²) in [6, 6.07) is 24.4. The van der Waals surface area contributed by atoms with Gasteiger partial charge >= 0.3 is 0 Å². The second-order valence-electron chi connectivity index (χ2n) is 8.81. The fourth-order valence-corrected chi connectivity index (χ4v) is 4.99. The Kier molecular flexibility index (Phi) is 6.25. The third-order valence-electron chi connectivity index (χ3n) is 6.70. The van der Waals surface area contributed by atoms with Gasteiger partial charge in [0.15, 0.2) is 0 Å². The molecule has 0 radical (unpaired) electrons. The Hall–Kier alpha value is -3.00. The Morgan fingerprint density at radius 3 is 2.09 bits per heavy atom. The van der Waals surface area contributed by atoms with E-state index in [0.717, 1.165) is 33.0 Å². The summed E-state index contributed by atoms with van der Waals surface area (Å²) in [5, 5.41) is 42.9. The van der Waals surface area contributed by atoms with Crippen LogP contribution in [-0.4, -0.2) is 58.6 Å². The lowest BCUT2D eigenvalue weighted by Gasteiger charge is -2.40. The summed E-state index contributed by atoms with van der Waals surface area (Å²) in [4.78, 5) is 0. The molecule has 1 fully saturated rings. The lowest BCUT2D eigenvalue weighted by molar-refractivity contribution is -0.232. The maximum atomic E-state index is 10.8. The van der Waals surface area contributed by atoms with Crippen LogP contribution in [0.4, 0.5) is 0 Å². The maximum Gasteiger partial charge on any atom is 0.132 e. The fraction of sp³-hybridized carbons (Fsp3) is 0.286. The molecular formula is C28H28O6. The molecule has 6 nitrogen and oxygen atoms in total. The first-order chi connectivity index (χ1) is 16.5. The largest absolute Gasteiger partial charge is 0.496 e. The van der Waals surface area contributed by atoms with E-state index in [1.165, 1.54) is 0 Å². The number of hydrogen-bond acceptors (Lipinski definition) is 6. The lowest BCUT2D eigenvalue weighted by atomic mass is 9.87. The Bertz CT molecular complexity index is 1240. The number of methoxy groups -OCH3 is 1. The fourth-order valence-electron chi connectivity index (χ4n) is 4.99. The number of rotatable bonds is 5. The SMILES string of the molecule is COc1c(C2O[C@H](CO)[C@@H](O)[C@H](O)[C@H]2O)cc(Cc2cc3cccccc-3c2)c2ccccc12. The van der Waals surface area contributed by atoms with Crippen LogP contribution in [-0.2, 0) is 11.2 Å². The predicted octanol–water partition coefficient (Wildman–Crippen LogP) is 3.06. The van der Waals surface area contributed by atoms with E-state index in [1.807, 2.05) is 48.5 Å². The number of aliphatic hydroxyl groups excluding tert-OH is 4. The number of aliphatic hydroxyl groups is 4. The van der Waals surface area contributed by atoms with Crippen LogP contribution in [0.5, 0.6) is 5.75 Å². The minimum atomic E-state index is -1.46. The predicted molar refractivity (Wildman–Crippen MR) is 129 cm³/mol. The summed E-state index contributed by atoms with van der Waals surface area (Å²) in [5.74, 6) is 0.531. The standard InChI is InChI=1S/C28H28O6/c1-33-27-21-10-6-5-9-20(21)19(13-16-11-17-7-3-2-4-8-18(17)12-16)14-22(27)28-26(32)25(31)24(30)23(15-29)34-28/h2-12,14,23-26,28-32H,13,15H2,1H3/t23-,24-,25+,26-,28?/m1/s1. The van der Waals surface area contributed by atoms with E-state index in [1.54, 1.807) is 7.11 Å². The van der Waals surface area contributed by atoms with Crippen molar-refractivity contribution in [3.63, 3.8) is 0 Å². The minimum absolute atomic E-state index is 0.484. The van der Waals surface area contributed by atoms with Crippen molar-refractivity contribution < 1.29 is 29.9 Å². The molecule has 2 aromatic carbocycles. The average molecular weight is 461 g/mol. The molecule has 5 rings (SSSR count). The zero-order valence-electron chi connectivity index (χ0n) is 18.8. The van der Waals surface area contributed by atoms with Gasteiger partial charge in [-0.05, 0) is 40.1 Å². The van der Waals surface area contributed by atoms with Crippen molar-refractivity contribution in [1.82, 2.24) is 0 Å². The summed E-state index contributed by atoms with van der Waals surface area (Å²) in [6.07, 6.45) is -5.59. The van der Waals surface area contributed by atoms with Gasteiger partial charge in [-0.2, -0.15) is 0 Å². The van der Waals surface area contributed by atoms with Crippen LogP contribution in [0.2, 0.25) is 0 Å². The van der Waals surface area contributed by atoms with E-state index in [0.29, 0.717) is 17.7 Å². The van der Waals surface area contributed by atoms with Gasteiger partial charge in [-0.25, -0.2) is 0 Å². The average Bonchev–Trinajstić information content (AvgIpc) is 3.10. The Morgan fingerprint density at radius 1 is 0.794 bits per heavy atom. The van der Waals surface area contributed by atoms with Gasteiger partial charge in [-0.1, -0.05) is 66.7 Å². The first-order valence-electron chi connectivity index (χ1n) is 11.4. The zero-order valence-corrected chi connectivity index (χ0v) is 18.8. The second kappa shape index (κ2) is 9.33. The molecule has 5 atom stereocenters. The molecule has 0 aromatic heterocycles. The highest BCUT2D eigenvalue weighted by Crippen LogP contribution is 2.42. The summed E-state index contributed by atoms with van der Waals surface area (Å²) in [6.45, 7) is -0.484. The topological polar surface area (TPSA) is 99.4 Å². The monoisotopic (exact) mass is 460 g/mol. The van der Waals surface area contributed by atoms with Crippen molar-refractivity contribution in [2.24, 2.45) is 0 Å². The van der Waals surface area contributed by atoms with Crippen molar-refractivity contribution in [2.45, 2.75) is 36.9 Å². The third-order valence-corrected chi connectivity index (χ3v) is 6.70. The lowest BCUT2D eigenvalue weighted by Crippen LogP contribution is -2.55. The molecule has 1 saturated heterocycles. The van der Waals surface area contributed by atoms with E-state index in [-0.39, 0.29) is 0 Å². The summed E-state index contributed by atoms with van der Waals surface area (Å²) < 4.78 is 11.6. The maximum absolute atomic E-state index is 10.8. The van der Waals surface area contributed by atoms with Crippen LogP contribution < -0.4 is 4.74 Å². The molecule has 2 aliphatic carbocycles. The van der Waals surface area contributed by atoms with Crippen molar-refractivity contribution in [1.29, 1.82) is 0 Å². The summed E-state index contributed by atoms with van der Waals surface area (Å²) >= 11 is 0. The number of benzene rings is 2. The van der Waals surface area contributed by atoms with Gasteiger partial charge in [0.25, 0.3) is 0 Å². The van der Waals surface area contributed by atoms with E-state index in [2.05, 4.69) is 24.3 Å². The molecule has 0 spiro atoms. The van der Waals surface area contributed by atoms with Gasteiger partial charge in [-0.15, -0.1) is 0 Å². The molecule has 2 aromatic rings. The molecule has 34 heavy (non-hydrogen) atoms. The van der Waals surface area contributed by atoms with E-state index < -0.39 is 37.1 Å². The van der Waals surface area contributed by atoms with Gasteiger partial charge in [0.05, 0.1) is 13.7 Å². The zero-order chi connectivity index (χ0) is 23.8. The van der Waals surface area contributed by atoms with Gasteiger partial charge in [0, 0.05) is 10.9 Å². The molecule has 1 unspecified atom stereocenters.